The molecule has 0 aliphatic rings. The maximum absolute atomic E-state index is 10.8. The van der Waals surface area contributed by atoms with Gasteiger partial charge in [-0.15, -0.1) is 11.3 Å². The normalized spacial score (nSPS) is 9.84. The molecule has 0 bridgehead atoms. The minimum absolute atomic E-state index is 0.348. The molecule has 2 aromatic rings. The number of nitrogens with zero attached hydrogens (tertiary/aromatic N) is 1. The van der Waals surface area contributed by atoms with E-state index in [0.29, 0.717) is 17.8 Å². The Morgan fingerprint density at radius 3 is 2.58 bits per heavy atom. The summed E-state index contributed by atoms with van der Waals surface area (Å²) in [5, 5.41) is 20.6. The second-order valence-electron chi connectivity index (χ2n) is 3.96. The molecular weight excluding hydrogens is 260 g/mol. The van der Waals surface area contributed by atoms with Crippen LogP contribution in [0.5, 0.6) is 0 Å². The van der Waals surface area contributed by atoms with Crippen LogP contribution in [0.4, 0.5) is 5.69 Å². The third-order valence-electron chi connectivity index (χ3n) is 2.58. The zero-order valence-corrected chi connectivity index (χ0v) is 10.9. The van der Waals surface area contributed by atoms with E-state index >= 15 is 0 Å². The van der Waals surface area contributed by atoms with Gasteiger partial charge < -0.3 is 10.4 Å². The summed E-state index contributed by atoms with van der Waals surface area (Å²) in [7, 11) is 0. The highest BCUT2D eigenvalue weighted by Gasteiger charge is 2.06. The molecule has 0 saturated carbocycles. The van der Waals surface area contributed by atoms with Gasteiger partial charge in [0.05, 0.1) is 12.5 Å². The van der Waals surface area contributed by atoms with Crippen LogP contribution in [-0.2, 0) is 13.0 Å². The van der Waals surface area contributed by atoms with Gasteiger partial charge in [0.15, 0.2) is 0 Å². The highest BCUT2D eigenvalue weighted by Crippen LogP contribution is 2.18. The van der Waals surface area contributed by atoms with Crippen molar-refractivity contribution < 1.29 is 9.90 Å². The minimum atomic E-state index is -0.892. The number of nitrogens with one attached hydrogen (secondary N) is 1. The summed E-state index contributed by atoms with van der Waals surface area (Å²) < 4.78 is 0. The van der Waals surface area contributed by atoms with Gasteiger partial charge in [0.25, 0.3) is 0 Å². The van der Waals surface area contributed by atoms with Crippen LogP contribution in [0, 0.1) is 11.3 Å². The Bertz CT molecular complexity index is 611. The largest absolute Gasteiger partial charge is 0.477 e. The Labute approximate surface area is 114 Å². The third-order valence-corrected chi connectivity index (χ3v) is 3.65. The SMILES string of the molecule is N#CCc1ccc(NCc2ccc(C(=O)O)s2)cc1. The Morgan fingerprint density at radius 1 is 1.26 bits per heavy atom. The predicted octanol–water partition coefficient (Wildman–Crippen LogP) is 3.12. The average Bonchev–Trinajstić information content (AvgIpc) is 2.87. The lowest BCUT2D eigenvalue weighted by Gasteiger charge is -2.05. The Balaban J connectivity index is 1.94. The first-order valence-corrected chi connectivity index (χ1v) is 6.52. The lowest BCUT2D eigenvalue weighted by atomic mass is 10.1. The van der Waals surface area contributed by atoms with Crippen LogP contribution in [0.25, 0.3) is 0 Å². The van der Waals surface area contributed by atoms with Crippen molar-refractivity contribution >= 4 is 23.0 Å². The van der Waals surface area contributed by atoms with Crippen LogP contribution in [0.2, 0.25) is 0 Å². The maximum atomic E-state index is 10.8. The standard InChI is InChI=1S/C14H12N2O2S/c15-8-7-10-1-3-11(4-2-10)16-9-12-5-6-13(19-12)14(17)18/h1-6,16H,7,9H2,(H,17,18). The van der Waals surface area contributed by atoms with E-state index in [1.165, 1.54) is 11.3 Å². The van der Waals surface area contributed by atoms with Crippen LogP contribution < -0.4 is 5.32 Å². The first-order chi connectivity index (χ1) is 9.19. The monoisotopic (exact) mass is 272 g/mol. The minimum Gasteiger partial charge on any atom is -0.477 e. The number of rotatable bonds is 5. The van der Waals surface area contributed by atoms with Crippen molar-refractivity contribution in [2.45, 2.75) is 13.0 Å². The van der Waals surface area contributed by atoms with Crippen LogP contribution in [-0.4, -0.2) is 11.1 Å². The van der Waals surface area contributed by atoms with Gasteiger partial charge >= 0.3 is 5.97 Å². The summed E-state index contributed by atoms with van der Waals surface area (Å²) in [5.74, 6) is -0.892. The molecule has 4 nitrogen and oxygen atoms in total. The second kappa shape index (κ2) is 6.03. The van der Waals surface area contributed by atoms with Gasteiger partial charge in [0.2, 0.25) is 0 Å². The summed E-state index contributed by atoms with van der Waals surface area (Å²) in [6.07, 6.45) is 0.410. The number of thiophene rings is 1. The zero-order valence-electron chi connectivity index (χ0n) is 10.1. The molecule has 0 amide bonds. The summed E-state index contributed by atoms with van der Waals surface area (Å²) in [5.41, 5.74) is 1.93. The smallest absolute Gasteiger partial charge is 0.345 e. The molecule has 1 aromatic heterocycles. The zero-order chi connectivity index (χ0) is 13.7. The van der Waals surface area contributed by atoms with Crippen molar-refractivity contribution in [3.05, 3.63) is 51.7 Å². The van der Waals surface area contributed by atoms with E-state index in [0.717, 1.165) is 16.1 Å². The number of aromatic carboxylic acids is 1. The molecule has 0 spiro atoms. The number of nitriles is 1. The number of carboxylic acids is 1. The number of carbonyl (C=O) groups is 1. The topological polar surface area (TPSA) is 73.1 Å². The molecule has 1 aromatic carbocycles. The fourth-order valence-electron chi connectivity index (χ4n) is 1.61. The van der Waals surface area contributed by atoms with Crippen LogP contribution in [0.3, 0.4) is 0 Å². The van der Waals surface area contributed by atoms with Crippen LogP contribution in [0.1, 0.15) is 20.1 Å². The molecule has 0 atom stereocenters. The summed E-state index contributed by atoms with van der Waals surface area (Å²) in [6.45, 7) is 0.593. The van der Waals surface area contributed by atoms with Gasteiger partial charge in [0.1, 0.15) is 4.88 Å². The Morgan fingerprint density at radius 2 is 2.00 bits per heavy atom. The molecule has 2 rings (SSSR count). The molecule has 0 radical (unpaired) electrons. The van der Waals surface area contributed by atoms with Crippen molar-refractivity contribution in [1.29, 1.82) is 5.26 Å². The molecule has 19 heavy (non-hydrogen) atoms. The first-order valence-electron chi connectivity index (χ1n) is 5.71. The van der Waals surface area contributed by atoms with Crippen molar-refractivity contribution in [2.24, 2.45) is 0 Å². The maximum Gasteiger partial charge on any atom is 0.345 e. The molecule has 1 heterocycles. The summed E-state index contributed by atoms with van der Waals surface area (Å²) >= 11 is 1.27. The van der Waals surface area contributed by atoms with E-state index in [1.54, 1.807) is 6.07 Å². The molecule has 0 fully saturated rings. The van der Waals surface area contributed by atoms with Gasteiger partial charge in [-0.2, -0.15) is 5.26 Å². The molecule has 0 unspecified atom stereocenters. The quantitative estimate of drug-likeness (QED) is 0.877. The first kappa shape index (κ1) is 13.1. The summed E-state index contributed by atoms with van der Waals surface area (Å²) in [6, 6.07) is 13.2. The van der Waals surface area contributed by atoms with E-state index in [2.05, 4.69) is 11.4 Å². The molecule has 0 aliphatic heterocycles. The lowest BCUT2D eigenvalue weighted by molar-refractivity contribution is 0.0702. The number of hydrogen-bond donors (Lipinski definition) is 2. The van der Waals surface area contributed by atoms with Crippen molar-refractivity contribution in [1.82, 2.24) is 0 Å². The molecule has 0 aliphatic carbocycles. The number of benzene rings is 1. The van der Waals surface area contributed by atoms with Gasteiger partial charge in [-0.05, 0) is 29.8 Å². The Kier molecular flexibility index (Phi) is 4.16. The molecule has 5 heteroatoms. The van der Waals surface area contributed by atoms with E-state index in [9.17, 15) is 4.79 Å². The fraction of sp³-hybridized carbons (Fsp3) is 0.143. The van der Waals surface area contributed by atoms with Gasteiger partial charge in [0, 0.05) is 17.1 Å². The number of anilines is 1. The van der Waals surface area contributed by atoms with E-state index in [1.807, 2.05) is 30.3 Å². The third kappa shape index (κ3) is 3.57. The van der Waals surface area contributed by atoms with Crippen LogP contribution >= 0.6 is 11.3 Å². The van der Waals surface area contributed by atoms with E-state index in [-0.39, 0.29) is 0 Å². The van der Waals surface area contributed by atoms with Gasteiger partial charge in [-0.25, -0.2) is 4.79 Å². The van der Waals surface area contributed by atoms with Crippen LogP contribution in [0.15, 0.2) is 36.4 Å². The van der Waals surface area contributed by atoms with Gasteiger partial charge in [-0.3, -0.25) is 0 Å². The van der Waals surface area contributed by atoms with E-state index < -0.39 is 5.97 Å². The summed E-state index contributed by atoms with van der Waals surface area (Å²) in [4.78, 5) is 12.1. The van der Waals surface area contributed by atoms with Crippen molar-refractivity contribution in [3.8, 4) is 6.07 Å². The second-order valence-corrected chi connectivity index (χ2v) is 5.12. The molecule has 96 valence electrons. The predicted molar refractivity (Wildman–Crippen MR) is 74.4 cm³/mol. The number of carboxylic acid groups (broad SMARTS) is 1. The number of hydrogen-bond acceptors (Lipinski definition) is 4. The van der Waals surface area contributed by atoms with Crippen molar-refractivity contribution in [3.63, 3.8) is 0 Å². The van der Waals surface area contributed by atoms with E-state index in [4.69, 9.17) is 10.4 Å². The van der Waals surface area contributed by atoms with Crippen molar-refractivity contribution in [2.75, 3.05) is 5.32 Å². The van der Waals surface area contributed by atoms with Gasteiger partial charge in [-0.1, -0.05) is 12.1 Å². The molecule has 0 saturated heterocycles. The highest BCUT2D eigenvalue weighted by atomic mass is 32.1. The highest BCUT2D eigenvalue weighted by molar-refractivity contribution is 7.13. The fourth-order valence-corrected chi connectivity index (χ4v) is 2.40. The average molecular weight is 272 g/mol. The Hall–Kier alpha value is -2.32. The molecule has 2 N–H and O–H groups in total. The molecular formula is C14H12N2O2S. The lowest BCUT2D eigenvalue weighted by Crippen LogP contribution is -1.97.